The molecule has 0 aliphatic heterocycles. The van der Waals surface area contributed by atoms with E-state index in [-0.39, 0.29) is 11.9 Å². The summed E-state index contributed by atoms with van der Waals surface area (Å²) < 4.78 is 15.6. The molecule has 1 amide bonds. The van der Waals surface area contributed by atoms with Crippen molar-refractivity contribution >= 4 is 17.5 Å². The molecule has 0 spiro atoms. The van der Waals surface area contributed by atoms with Gasteiger partial charge in [-0.2, -0.15) is 4.98 Å². The molecule has 0 fully saturated rings. The first-order valence-corrected chi connectivity index (χ1v) is 7.42. The Labute approximate surface area is 138 Å². The van der Waals surface area contributed by atoms with Gasteiger partial charge >= 0.3 is 0 Å². The maximum Gasteiger partial charge on any atom is 0.249 e. The summed E-state index contributed by atoms with van der Waals surface area (Å²) in [6, 6.07) is 2.99. The van der Waals surface area contributed by atoms with Gasteiger partial charge in [-0.15, -0.1) is 0 Å². The number of carbonyl (C=O) groups excluding carboxylic acids is 1. The largest absolute Gasteiger partial charge is 0.493 e. The van der Waals surface area contributed by atoms with Crippen LogP contribution in [-0.2, 0) is 4.79 Å². The van der Waals surface area contributed by atoms with Crippen LogP contribution in [0, 0.1) is 0 Å². The lowest BCUT2D eigenvalue weighted by Gasteiger charge is -2.10. The second kappa shape index (κ2) is 7.32. The topological polar surface area (TPSA) is 86.5 Å². The van der Waals surface area contributed by atoms with Gasteiger partial charge < -0.3 is 19.3 Å². The lowest BCUT2D eigenvalue weighted by molar-refractivity contribution is -0.121. The number of rotatable bonds is 6. The number of nitrogens with zero attached hydrogens (tertiary/aromatic N) is 2. The summed E-state index contributed by atoms with van der Waals surface area (Å²) >= 11 is 6.17. The minimum Gasteiger partial charge on any atom is -0.493 e. The highest BCUT2D eigenvalue weighted by Crippen LogP contribution is 2.38. The smallest absolute Gasteiger partial charge is 0.249 e. The highest BCUT2D eigenvalue weighted by Gasteiger charge is 2.19. The molecule has 0 aliphatic rings. The van der Waals surface area contributed by atoms with Gasteiger partial charge in [-0.3, -0.25) is 4.79 Å². The van der Waals surface area contributed by atoms with E-state index in [1.54, 1.807) is 26.0 Å². The molecule has 0 saturated carbocycles. The van der Waals surface area contributed by atoms with E-state index in [0.717, 1.165) is 0 Å². The van der Waals surface area contributed by atoms with Crippen molar-refractivity contribution in [2.24, 2.45) is 0 Å². The van der Waals surface area contributed by atoms with Gasteiger partial charge in [0.05, 0.1) is 19.2 Å². The number of nitrogens with one attached hydrogen (secondary N) is 1. The van der Waals surface area contributed by atoms with E-state index >= 15 is 0 Å². The lowest BCUT2D eigenvalue weighted by Crippen LogP contribution is -2.25. The van der Waals surface area contributed by atoms with Gasteiger partial charge in [0.2, 0.25) is 17.6 Å². The Morgan fingerprint density at radius 3 is 2.74 bits per heavy atom. The Bertz CT molecular complexity index is 702. The van der Waals surface area contributed by atoms with E-state index in [1.807, 2.05) is 0 Å². The van der Waals surface area contributed by atoms with Crippen LogP contribution >= 0.6 is 11.6 Å². The van der Waals surface area contributed by atoms with Crippen LogP contribution < -0.4 is 14.8 Å². The molecule has 23 heavy (non-hydrogen) atoms. The average molecular weight is 340 g/mol. The molecular formula is C15H18ClN3O4. The molecule has 1 unspecified atom stereocenters. The fourth-order valence-electron chi connectivity index (χ4n) is 1.98. The summed E-state index contributed by atoms with van der Waals surface area (Å²) in [7, 11) is 3.02. The van der Waals surface area contributed by atoms with E-state index in [2.05, 4.69) is 15.5 Å². The van der Waals surface area contributed by atoms with Crippen molar-refractivity contribution in [2.75, 3.05) is 14.2 Å². The molecule has 1 aromatic carbocycles. The number of aromatic nitrogens is 2. The molecule has 0 saturated heterocycles. The van der Waals surface area contributed by atoms with Gasteiger partial charge in [-0.25, -0.2) is 0 Å². The molecule has 124 valence electrons. The summed E-state index contributed by atoms with van der Waals surface area (Å²) in [4.78, 5) is 15.7. The lowest BCUT2D eigenvalue weighted by atomic mass is 10.2. The van der Waals surface area contributed by atoms with Crippen molar-refractivity contribution in [2.45, 2.75) is 26.3 Å². The molecule has 1 heterocycles. The van der Waals surface area contributed by atoms with Crippen LogP contribution in [0.3, 0.4) is 0 Å². The number of hydrogen-bond acceptors (Lipinski definition) is 6. The van der Waals surface area contributed by atoms with E-state index in [0.29, 0.717) is 40.2 Å². The third kappa shape index (κ3) is 3.73. The summed E-state index contributed by atoms with van der Waals surface area (Å²) in [6.45, 7) is 3.54. The van der Waals surface area contributed by atoms with Crippen molar-refractivity contribution in [3.63, 3.8) is 0 Å². The zero-order valence-electron chi connectivity index (χ0n) is 13.3. The first-order valence-electron chi connectivity index (χ1n) is 7.05. The van der Waals surface area contributed by atoms with E-state index < -0.39 is 0 Å². The molecule has 1 aromatic heterocycles. The maximum absolute atomic E-state index is 11.4. The Morgan fingerprint density at radius 2 is 2.13 bits per heavy atom. The van der Waals surface area contributed by atoms with Crippen LogP contribution in [0.15, 0.2) is 16.7 Å². The number of benzene rings is 1. The van der Waals surface area contributed by atoms with Crippen molar-refractivity contribution < 1.29 is 18.8 Å². The fourth-order valence-corrected chi connectivity index (χ4v) is 2.27. The molecule has 0 radical (unpaired) electrons. The second-order valence-electron chi connectivity index (χ2n) is 4.79. The molecule has 7 nitrogen and oxygen atoms in total. The monoisotopic (exact) mass is 339 g/mol. The third-order valence-corrected chi connectivity index (χ3v) is 3.48. The SMILES string of the molecule is CCC(=O)NC(C)c1nc(-c2cc(Cl)c(OC)c(OC)c2)no1. The maximum atomic E-state index is 11.4. The molecule has 2 aromatic rings. The van der Waals surface area contributed by atoms with Gasteiger partial charge in [0.15, 0.2) is 11.5 Å². The van der Waals surface area contributed by atoms with Crippen LogP contribution in [0.2, 0.25) is 5.02 Å². The average Bonchev–Trinajstić information content (AvgIpc) is 3.03. The van der Waals surface area contributed by atoms with E-state index in [4.69, 9.17) is 25.6 Å². The number of halogens is 1. The van der Waals surface area contributed by atoms with E-state index in [9.17, 15) is 4.79 Å². The number of carbonyl (C=O) groups is 1. The van der Waals surface area contributed by atoms with E-state index in [1.165, 1.54) is 14.2 Å². The van der Waals surface area contributed by atoms with Crippen LogP contribution in [0.4, 0.5) is 0 Å². The fraction of sp³-hybridized carbons (Fsp3) is 0.400. The Morgan fingerprint density at radius 1 is 1.39 bits per heavy atom. The normalized spacial score (nSPS) is 11.9. The van der Waals surface area contributed by atoms with Crippen molar-refractivity contribution in [3.8, 4) is 22.9 Å². The van der Waals surface area contributed by atoms with Gasteiger partial charge in [-0.1, -0.05) is 23.7 Å². The van der Waals surface area contributed by atoms with Crippen molar-refractivity contribution in [1.29, 1.82) is 0 Å². The summed E-state index contributed by atoms with van der Waals surface area (Å²) in [5.41, 5.74) is 0.622. The zero-order valence-corrected chi connectivity index (χ0v) is 14.1. The third-order valence-electron chi connectivity index (χ3n) is 3.20. The molecule has 0 bridgehead atoms. The predicted molar refractivity (Wildman–Crippen MR) is 84.7 cm³/mol. The molecular weight excluding hydrogens is 322 g/mol. The van der Waals surface area contributed by atoms with Crippen LogP contribution in [0.5, 0.6) is 11.5 Å². The van der Waals surface area contributed by atoms with Gasteiger partial charge in [0, 0.05) is 12.0 Å². The predicted octanol–water partition coefficient (Wildman–Crippen LogP) is 2.99. The number of ether oxygens (including phenoxy) is 2. The Kier molecular flexibility index (Phi) is 5.44. The van der Waals surface area contributed by atoms with Crippen LogP contribution in [0.1, 0.15) is 32.2 Å². The highest BCUT2D eigenvalue weighted by atomic mass is 35.5. The number of hydrogen-bond donors (Lipinski definition) is 1. The Balaban J connectivity index is 2.30. The highest BCUT2D eigenvalue weighted by molar-refractivity contribution is 6.32. The summed E-state index contributed by atoms with van der Waals surface area (Å²) in [6.07, 6.45) is 0.386. The molecule has 0 aliphatic carbocycles. The summed E-state index contributed by atoms with van der Waals surface area (Å²) in [5, 5.41) is 7.05. The summed E-state index contributed by atoms with van der Waals surface area (Å²) in [5.74, 6) is 1.47. The number of methoxy groups -OCH3 is 2. The first-order chi connectivity index (χ1) is 11.0. The van der Waals surface area contributed by atoms with Crippen LogP contribution in [-0.4, -0.2) is 30.3 Å². The van der Waals surface area contributed by atoms with Gasteiger partial charge in [0.25, 0.3) is 0 Å². The first kappa shape index (κ1) is 17.1. The van der Waals surface area contributed by atoms with Crippen molar-refractivity contribution in [1.82, 2.24) is 15.5 Å². The Hall–Kier alpha value is -2.28. The van der Waals surface area contributed by atoms with Crippen molar-refractivity contribution in [3.05, 3.63) is 23.0 Å². The minimum atomic E-state index is -0.376. The molecule has 2 rings (SSSR count). The standard InChI is InChI=1S/C15H18ClN3O4/c1-5-12(20)17-8(2)15-18-14(19-23-15)9-6-10(16)13(22-4)11(7-9)21-3/h6-8H,5H2,1-4H3,(H,17,20). The molecule has 1 N–H and O–H groups in total. The molecule has 1 atom stereocenters. The molecule has 8 heteroatoms. The van der Waals surface area contributed by atoms with Gasteiger partial charge in [-0.05, 0) is 19.1 Å². The zero-order chi connectivity index (χ0) is 17.0. The van der Waals surface area contributed by atoms with Crippen LogP contribution in [0.25, 0.3) is 11.4 Å². The second-order valence-corrected chi connectivity index (χ2v) is 5.20. The number of amides is 1. The minimum absolute atomic E-state index is 0.0913. The van der Waals surface area contributed by atoms with Gasteiger partial charge in [0.1, 0.15) is 6.04 Å². The quantitative estimate of drug-likeness (QED) is 0.870.